The van der Waals surface area contributed by atoms with E-state index < -0.39 is 0 Å². The zero-order chi connectivity index (χ0) is 24.4. The monoisotopic (exact) mass is 488 g/mol. The third kappa shape index (κ3) is 4.82. The summed E-state index contributed by atoms with van der Waals surface area (Å²) in [5, 5.41) is 3.79. The van der Waals surface area contributed by atoms with Gasteiger partial charge in [0.25, 0.3) is 11.5 Å². The Morgan fingerprint density at radius 2 is 1.77 bits per heavy atom. The summed E-state index contributed by atoms with van der Waals surface area (Å²) in [6.45, 7) is 8.23. The van der Waals surface area contributed by atoms with Crippen LogP contribution in [0.25, 0.3) is 15.3 Å². The molecule has 8 nitrogen and oxygen atoms in total. The minimum atomic E-state index is -0.129. The highest BCUT2D eigenvalue weighted by molar-refractivity contribution is 7.20. The fourth-order valence-corrected chi connectivity index (χ4v) is 5.36. The highest BCUT2D eigenvalue weighted by Gasteiger charge is 2.22. The van der Waals surface area contributed by atoms with E-state index in [2.05, 4.69) is 15.0 Å². The molecule has 0 aliphatic carbocycles. The Labute approximate surface area is 207 Å². The zero-order valence-corrected chi connectivity index (χ0v) is 20.7. The van der Waals surface area contributed by atoms with Gasteiger partial charge in [-0.15, -0.1) is 0 Å². The molecule has 4 aromatic rings. The van der Waals surface area contributed by atoms with Crippen molar-refractivity contribution in [1.82, 2.24) is 24.6 Å². The lowest BCUT2D eigenvalue weighted by Crippen LogP contribution is -2.49. The Balaban J connectivity index is 1.20. The highest BCUT2D eigenvalue weighted by atomic mass is 32.1. The first kappa shape index (κ1) is 23.2. The molecule has 1 fully saturated rings. The van der Waals surface area contributed by atoms with Crippen molar-refractivity contribution in [3.05, 3.63) is 81.8 Å². The largest absolute Gasteiger partial charge is 0.336 e. The van der Waals surface area contributed by atoms with E-state index in [1.807, 2.05) is 73.3 Å². The van der Waals surface area contributed by atoms with Crippen LogP contribution in [-0.4, -0.2) is 75.5 Å². The van der Waals surface area contributed by atoms with Crippen molar-refractivity contribution in [2.24, 2.45) is 4.99 Å². The smallest absolute Gasteiger partial charge is 0.282 e. The number of aromatic amines is 1. The lowest BCUT2D eigenvalue weighted by atomic mass is 10.2. The summed E-state index contributed by atoms with van der Waals surface area (Å²) >= 11 is 1.48. The minimum absolute atomic E-state index is 0.0893. The topological polar surface area (TPSA) is 86.6 Å². The molecule has 3 heterocycles. The predicted molar refractivity (Wildman–Crippen MR) is 140 cm³/mol. The average molecular weight is 489 g/mol. The molecular weight excluding hydrogens is 460 g/mol. The molecule has 1 aliphatic rings. The SMILES string of the molecule is CC(=NCCN1CCN(C(=O)c2ccccc2)CC1)c1c(C)[nH]n(-c2nc3ccccc3s2)c1=O. The second kappa shape index (κ2) is 9.97. The lowest BCUT2D eigenvalue weighted by Gasteiger charge is -2.34. The van der Waals surface area contributed by atoms with Gasteiger partial charge >= 0.3 is 0 Å². The molecule has 0 spiro atoms. The number of thiazole rings is 1. The number of amides is 1. The van der Waals surface area contributed by atoms with Gasteiger partial charge in [0.1, 0.15) is 0 Å². The molecule has 35 heavy (non-hydrogen) atoms. The van der Waals surface area contributed by atoms with Crippen LogP contribution in [0.15, 0.2) is 64.4 Å². The summed E-state index contributed by atoms with van der Waals surface area (Å²) < 4.78 is 2.55. The number of aromatic nitrogens is 3. The molecule has 0 radical (unpaired) electrons. The van der Waals surface area contributed by atoms with Crippen LogP contribution in [0, 0.1) is 6.92 Å². The maximum Gasteiger partial charge on any atom is 0.282 e. The molecule has 9 heteroatoms. The molecule has 0 unspecified atom stereocenters. The number of H-pyrrole nitrogens is 1. The number of piperazine rings is 1. The van der Waals surface area contributed by atoms with E-state index in [1.165, 1.54) is 16.0 Å². The number of para-hydroxylation sites is 1. The van der Waals surface area contributed by atoms with Crippen molar-refractivity contribution in [2.75, 3.05) is 39.3 Å². The molecule has 2 aromatic carbocycles. The Bertz CT molecular complexity index is 1390. The Kier molecular flexibility index (Phi) is 6.61. The number of nitrogens with one attached hydrogen (secondary N) is 1. The lowest BCUT2D eigenvalue weighted by molar-refractivity contribution is 0.0641. The van der Waals surface area contributed by atoms with Crippen LogP contribution < -0.4 is 5.56 Å². The second-order valence-corrected chi connectivity index (χ2v) is 9.69. The number of hydrogen-bond donors (Lipinski definition) is 1. The number of carbonyl (C=O) groups is 1. The maximum absolute atomic E-state index is 13.2. The molecule has 0 bridgehead atoms. The number of aliphatic imine (C=N–C) groups is 1. The number of fused-ring (bicyclic) bond motifs is 1. The van der Waals surface area contributed by atoms with Crippen LogP contribution in [-0.2, 0) is 0 Å². The molecule has 2 aromatic heterocycles. The molecular formula is C26H28N6O2S. The molecule has 1 aliphatic heterocycles. The van der Waals surface area contributed by atoms with Gasteiger partial charge in [0.2, 0.25) is 5.13 Å². The summed E-state index contributed by atoms with van der Waals surface area (Å²) in [6.07, 6.45) is 0. The average Bonchev–Trinajstić information content (AvgIpc) is 3.44. The summed E-state index contributed by atoms with van der Waals surface area (Å²) in [4.78, 5) is 39.3. The van der Waals surface area contributed by atoms with Gasteiger partial charge in [0, 0.05) is 49.7 Å². The van der Waals surface area contributed by atoms with E-state index in [1.54, 1.807) is 0 Å². The summed E-state index contributed by atoms with van der Waals surface area (Å²) in [6, 6.07) is 17.3. The summed E-state index contributed by atoms with van der Waals surface area (Å²) in [5.74, 6) is 0.0893. The number of hydrogen-bond acceptors (Lipinski definition) is 6. The van der Waals surface area contributed by atoms with Crippen molar-refractivity contribution in [3.8, 4) is 5.13 Å². The maximum atomic E-state index is 13.2. The van der Waals surface area contributed by atoms with E-state index in [0.717, 1.165) is 46.8 Å². The van der Waals surface area contributed by atoms with E-state index in [0.29, 0.717) is 30.3 Å². The van der Waals surface area contributed by atoms with Gasteiger partial charge in [-0.25, -0.2) is 4.98 Å². The number of rotatable bonds is 6. The van der Waals surface area contributed by atoms with Crippen molar-refractivity contribution in [1.29, 1.82) is 0 Å². The zero-order valence-electron chi connectivity index (χ0n) is 19.9. The predicted octanol–water partition coefficient (Wildman–Crippen LogP) is 3.35. The van der Waals surface area contributed by atoms with Crippen molar-refractivity contribution in [3.63, 3.8) is 0 Å². The van der Waals surface area contributed by atoms with E-state index >= 15 is 0 Å². The Morgan fingerprint density at radius 3 is 2.51 bits per heavy atom. The molecule has 1 saturated heterocycles. The molecule has 0 saturated carbocycles. The molecule has 180 valence electrons. The quantitative estimate of drug-likeness (QED) is 0.422. The van der Waals surface area contributed by atoms with Gasteiger partial charge < -0.3 is 4.90 Å². The van der Waals surface area contributed by atoms with Gasteiger partial charge in [0.15, 0.2) is 0 Å². The van der Waals surface area contributed by atoms with Crippen molar-refractivity contribution < 1.29 is 4.79 Å². The fraction of sp³-hybridized carbons (Fsp3) is 0.308. The number of carbonyl (C=O) groups excluding carboxylic acids is 1. The van der Waals surface area contributed by atoms with E-state index in [9.17, 15) is 9.59 Å². The number of benzene rings is 2. The standard InChI is InChI=1S/C26H28N6O2S/c1-18(23-19(2)29-32(25(23)34)26-28-21-10-6-7-11-22(21)35-26)27-12-13-30-14-16-31(17-15-30)24(33)20-8-4-3-5-9-20/h3-11,29H,12-17H2,1-2H3. The minimum Gasteiger partial charge on any atom is -0.336 e. The van der Waals surface area contributed by atoms with E-state index in [-0.39, 0.29) is 11.5 Å². The third-order valence-corrected chi connectivity index (χ3v) is 7.37. The fourth-order valence-electron chi connectivity index (χ4n) is 4.44. The van der Waals surface area contributed by atoms with Gasteiger partial charge in [-0.05, 0) is 38.1 Å². The van der Waals surface area contributed by atoms with Gasteiger partial charge in [-0.1, -0.05) is 41.7 Å². The first-order valence-electron chi connectivity index (χ1n) is 11.8. The first-order valence-corrected chi connectivity index (χ1v) is 12.6. The number of nitrogens with zero attached hydrogens (tertiary/aromatic N) is 5. The Hall–Kier alpha value is -3.56. The van der Waals surface area contributed by atoms with Gasteiger partial charge in [-0.3, -0.25) is 24.6 Å². The summed E-state index contributed by atoms with van der Waals surface area (Å²) in [5.41, 5.74) is 3.59. The highest BCUT2D eigenvalue weighted by Crippen LogP contribution is 2.23. The normalized spacial score (nSPS) is 15.1. The molecule has 5 rings (SSSR count). The van der Waals surface area contributed by atoms with Crippen LogP contribution in [0.3, 0.4) is 0 Å². The number of aryl methyl sites for hydroxylation is 1. The molecule has 1 N–H and O–H groups in total. The van der Waals surface area contributed by atoms with Gasteiger partial charge in [0.05, 0.1) is 22.3 Å². The van der Waals surface area contributed by atoms with Crippen LogP contribution in [0.5, 0.6) is 0 Å². The van der Waals surface area contributed by atoms with Crippen molar-refractivity contribution >= 4 is 33.2 Å². The second-order valence-electron chi connectivity index (χ2n) is 8.68. The van der Waals surface area contributed by atoms with Crippen LogP contribution in [0.2, 0.25) is 0 Å². The Morgan fingerprint density at radius 1 is 1.06 bits per heavy atom. The van der Waals surface area contributed by atoms with E-state index in [4.69, 9.17) is 4.99 Å². The van der Waals surface area contributed by atoms with Gasteiger partial charge in [-0.2, -0.15) is 4.68 Å². The van der Waals surface area contributed by atoms with Crippen LogP contribution >= 0.6 is 11.3 Å². The molecule has 0 atom stereocenters. The van der Waals surface area contributed by atoms with Crippen LogP contribution in [0.1, 0.15) is 28.5 Å². The first-order chi connectivity index (χ1) is 17.0. The van der Waals surface area contributed by atoms with Crippen molar-refractivity contribution in [2.45, 2.75) is 13.8 Å². The third-order valence-electron chi connectivity index (χ3n) is 6.35. The molecule has 1 amide bonds. The van der Waals surface area contributed by atoms with Crippen LogP contribution in [0.4, 0.5) is 0 Å². The summed E-state index contributed by atoms with van der Waals surface area (Å²) in [7, 11) is 0.